The third kappa shape index (κ3) is 8.19. The molecule has 3 aromatic heterocycles. The number of carbonyl (C=O) groups is 2. The molecule has 0 aliphatic carbocycles. The van der Waals surface area contributed by atoms with Crippen molar-refractivity contribution in [3.05, 3.63) is 90.9 Å². The van der Waals surface area contributed by atoms with Crippen molar-refractivity contribution in [3.63, 3.8) is 0 Å². The highest BCUT2D eigenvalue weighted by molar-refractivity contribution is 6.04. The molecule has 0 saturated carbocycles. The number of rotatable bonds is 12. The SMILES string of the molecule is O=C(C=CC(=O)Nc1cc2c(Nc3ccc4[nH]c(OCc5ccccc5)cc4c3)ncnc2cn1)NCCCN1CCOCC1. The standard InChI is InChI=1S/C33H34N8O4/c42-30(34-11-4-12-41-13-15-44-16-14-41)9-10-31(43)40-29-19-26-28(20-35-29)36-22-37-33(26)38-25-7-8-27-24(17-25)18-32(39-27)45-21-23-5-2-1-3-6-23/h1-3,5-10,17-20,22,39H,4,11-16,21H2,(H,34,42)(H,35,40,43)(H,36,37,38). The van der Waals surface area contributed by atoms with Crippen LogP contribution in [-0.4, -0.2) is 76.0 Å². The number of nitrogens with zero attached hydrogens (tertiary/aromatic N) is 4. The van der Waals surface area contributed by atoms with E-state index in [0.717, 1.165) is 61.4 Å². The lowest BCUT2D eigenvalue weighted by atomic mass is 10.2. The summed E-state index contributed by atoms with van der Waals surface area (Å²) in [7, 11) is 0. The van der Waals surface area contributed by atoms with Crippen molar-refractivity contribution >= 4 is 50.9 Å². The Kier molecular flexibility index (Phi) is 9.53. The van der Waals surface area contributed by atoms with E-state index < -0.39 is 5.91 Å². The Bertz CT molecular complexity index is 1800. The van der Waals surface area contributed by atoms with E-state index in [1.807, 2.05) is 54.6 Å². The molecule has 12 nitrogen and oxygen atoms in total. The predicted octanol–water partition coefficient (Wildman–Crippen LogP) is 4.16. The van der Waals surface area contributed by atoms with Gasteiger partial charge in [-0.3, -0.25) is 14.5 Å². The Labute approximate surface area is 259 Å². The van der Waals surface area contributed by atoms with Crippen LogP contribution in [-0.2, 0) is 20.9 Å². The van der Waals surface area contributed by atoms with Gasteiger partial charge in [0.2, 0.25) is 11.8 Å². The normalized spacial score (nSPS) is 13.7. The van der Waals surface area contributed by atoms with Crippen LogP contribution in [0.2, 0.25) is 0 Å². The predicted molar refractivity (Wildman–Crippen MR) is 172 cm³/mol. The third-order valence-electron chi connectivity index (χ3n) is 7.31. The average Bonchev–Trinajstić information content (AvgIpc) is 3.48. The zero-order valence-electron chi connectivity index (χ0n) is 24.7. The van der Waals surface area contributed by atoms with E-state index in [-0.39, 0.29) is 5.91 Å². The van der Waals surface area contributed by atoms with Crippen LogP contribution < -0.4 is 20.7 Å². The monoisotopic (exact) mass is 606 g/mol. The molecule has 5 aromatic rings. The number of nitrogens with one attached hydrogen (secondary N) is 4. The van der Waals surface area contributed by atoms with Crippen LogP contribution in [0.4, 0.5) is 17.3 Å². The number of hydrogen-bond acceptors (Lipinski definition) is 9. The van der Waals surface area contributed by atoms with E-state index in [1.165, 1.54) is 18.5 Å². The van der Waals surface area contributed by atoms with Crippen molar-refractivity contribution < 1.29 is 19.1 Å². The molecular weight excluding hydrogens is 572 g/mol. The first-order valence-electron chi connectivity index (χ1n) is 14.8. The number of fused-ring (bicyclic) bond motifs is 2. The minimum atomic E-state index is -0.472. The fourth-order valence-corrected chi connectivity index (χ4v) is 4.98. The molecule has 4 N–H and O–H groups in total. The van der Waals surface area contributed by atoms with Gasteiger partial charge in [0, 0.05) is 59.8 Å². The molecule has 6 rings (SSSR count). The fourth-order valence-electron chi connectivity index (χ4n) is 4.98. The van der Waals surface area contributed by atoms with E-state index >= 15 is 0 Å². The highest BCUT2D eigenvalue weighted by atomic mass is 16.5. The number of anilines is 3. The molecule has 0 bridgehead atoms. The van der Waals surface area contributed by atoms with E-state index in [0.29, 0.717) is 41.6 Å². The number of hydrogen-bond donors (Lipinski definition) is 4. The molecule has 1 aliphatic heterocycles. The Morgan fingerprint density at radius 2 is 1.82 bits per heavy atom. The number of ether oxygens (including phenoxy) is 2. The lowest BCUT2D eigenvalue weighted by Gasteiger charge is -2.26. The van der Waals surface area contributed by atoms with Crippen molar-refractivity contribution in [3.8, 4) is 5.88 Å². The van der Waals surface area contributed by atoms with Crippen LogP contribution >= 0.6 is 0 Å². The summed E-state index contributed by atoms with van der Waals surface area (Å²) >= 11 is 0. The molecular formula is C33H34N8O4. The molecule has 1 aliphatic rings. The van der Waals surface area contributed by atoms with Gasteiger partial charge in [-0.05, 0) is 42.8 Å². The van der Waals surface area contributed by atoms with Gasteiger partial charge in [0.1, 0.15) is 24.6 Å². The highest BCUT2D eigenvalue weighted by Gasteiger charge is 2.11. The summed E-state index contributed by atoms with van der Waals surface area (Å²) in [5.74, 6) is 0.746. The maximum Gasteiger partial charge on any atom is 0.249 e. The van der Waals surface area contributed by atoms with E-state index in [9.17, 15) is 9.59 Å². The van der Waals surface area contributed by atoms with Gasteiger partial charge in [-0.1, -0.05) is 30.3 Å². The molecule has 2 amide bonds. The summed E-state index contributed by atoms with van der Waals surface area (Å²) in [5.41, 5.74) is 3.46. The zero-order chi connectivity index (χ0) is 30.8. The Morgan fingerprint density at radius 1 is 0.978 bits per heavy atom. The summed E-state index contributed by atoms with van der Waals surface area (Å²) in [5, 5.41) is 10.5. The summed E-state index contributed by atoms with van der Waals surface area (Å²) < 4.78 is 11.3. The van der Waals surface area contributed by atoms with Gasteiger partial charge in [-0.25, -0.2) is 15.0 Å². The Balaban J connectivity index is 1.05. The lowest BCUT2D eigenvalue weighted by molar-refractivity contribution is -0.117. The summed E-state index contributed by atoms with van der Waals surface area (Å²) in [6.45, 7) is 5.22. The van der Waals surface area contributed by atoms with Crippen LogP contribution in [0.5, 0.6) is 5.88 Å². The van der Waals surface area contributed by atoms with Gasteiger partial charge in [-0.15, -0.1) is 0 Å². The lowest BCUT2D eigenvalue weighted by Crippen LogP contribution is -2.38. The Hall–Kier alpha value is -5.33. The van der Waals surface area contributed by atoms with Gasteiger partial charge >= 0.3 is 0 Å². The molecule has 45 heavy (non-hydrogen) atoms. The van der Waals surface area contributed by atoms with Crippen LogP contribution in [0.1, 0.15) is 12.0 Å². The molecule has 4 heterocycles. The van der Waals surface area contributed by atoms with Crippen molar-refractivity contribution in [2.75, 3.05) is 50.0 Å². The van der Waals surface area contributed by atoms with Crippen LogP contribution in [0.3, 0.4) is 0 Å². The molecule has 12 heteroatoms. The maximum absolute atomic E-state index is 12.5. The molecule has 1 fully saturated rings. The number of amides is 2. The van der Waals surface area contributed by atoms with Crippen LogP contribution in [0, 0.1) is 0 Å². The minimum Gasteiger partial charge on any atom is -0.474 e. The summed E-state index contributed by atoms with van der Waals surface area (Å²) in [6, 6.07) is 19.6. The number of aromatic amines is 1. The first kappa shape index (κ1) is 29.7. The van der Waals surface area contributed by atoms with Crippen molar-refractivity contribution in [1.82, 2.24) is 30.2 Å². The second kappa shape index (κ2) is 14.4. The minimum absolute atomic E-state index is 0.308. The average molecular weight is 607 g/mol. The van der Waals surface area contributed by atoms with Crippen LogP contribution in [0.25, 0.3) is 21.8 Å². The first-order chi connectivity index (χ1) is 22.1. The van der Waals surface area contributed by atoms with Gasteiger partial charge in [-0.2, -0.15) is 0 Å². The molecule has 0 spiro atoms. The second-order valence-corrected chi connectivity index (χ2v) is 10.6. The second-order valence-electron chi connectivity index (χ2n) is 10.6. The van der Waals surface area contributed by atoms with E-state index in [1.54, 1.807) is 12.3 Å². The smallest absolute Gasteiger partial charge is 0.249 e. The van der Waals surface area contributed by atoms with Gasteiger partial charge in [0.05, 0.1) is 24.9 Å². The Morgan fingerprint density at radius 3 is 2.69 bits per heavy atom. The molecule has 1 saturated heterocycles. The topological polar surface area (TPSA) is 146 Å². The largest absolute Gasteiger partial charge is 0.474 e. The van der Waals surface area contributed by atoms with Crippen molar-refractivity contribution in [1.29, 1.82) is 0 Å². The van der Waals surface area contributed by atoms with Gasteiger partial charge in [0.15, 0.2) is 5.88 Å². The molecule has 0 unspecified atom stereocenters. The summed E-state index contributed by atoms with van der Waals surface area (Å²) in [6.07, 6.45) is 6.25. The highest BCUT2D eigenvalue weighted by Crippen LogP contribution is 2.28. The fraction of sp³-hybridized carbons (Fsp3) is 0.242. The van der Waals surface area contributed by atoms with Crippen molar-refractivity contribution in [2.45, 2.75) is 13.0 Å². The first-order valence-corrected chi connectivity index (χ1v) is 14.8. The number of aromatic nitrogens is 4. The number of benzene rings is 2. The quantitative estimate of drug-likeness (QED) is 0.121. The number of carbonyl (C=O) groups excluding carboxylic acids is 2. The van der Waals surface area contributed by atoms with E-state index in [2.05, 4.69) is 40.8 Å². The molecule has 0 atom stereocenters. The number of H-pyrrole nitrogens is 1. The number of morpholine rings is 1. The van der Waals surface area contributed by atoms with Crippen molar-refractivity contribution in [2.24, 2.45) is 0 Å². The molecule has 0 radical (unpaired) electrons. The van der Waals surface area contributed by atoms with Crippen LogP contribution in [0.15, 0.2) is 85.3 Å². The zero-order valence-corrected chi connectivity index (χ0v) is 24.7. The maximum atomic E-state index is 12.5. The van der Waals surface area contributed by atoms with Gasteiger partial charge < -0.3 is 30.4 Å². The number of pyridine rings is 1. The summed E-state index contributed by atoms with van der Waals surface area (Å²) in [4.78, 5) is 43.3. The third-order valence-corrected chi connectivity index (χ3v) is 7.31. The molecule has 230 valence electrons. The van der Waals surface area contributed by atoms with E-state index in [4.69, 9.17) is 9.47 Å². The molecule has 2 aromatic carbocycles. The van der Waals surface area contributed by atoms with Gasteiger partial charge in [0.25, 0.3) is 0 Å².